The van der Waals surface area contributed by atoms with Crippen LogP contribution in [0.3, 0.4) is 0 Å². The molecular formula is C19H19Cl2NO6. The Morgan fingerprint density at radius 2 is 1.64 bits per heavy atom. The average Bonchev–Trinajstić information content (AvgIpc) is 2.70. The Kier molecular flexibility index (Phi) is 8.22. The van der Waals surface area contributed by atoms with Crippen LogP contribution in [-0.2, 0) is 9.53 Å². The number of methoxy groups -OCH3 is 2. The topological polar surface area (TPSA) is 83.1 Å². The molecule has 0 radical (unpaired) electrons. The molecule has 0 saturated carbocycles. The smallest absolute Gasteiger partial charge is 0.325 e. The first kappa shape index (κ1) is 21.7. The Morgan fingerprint density at radius 3 is 2.25 bits per heavy atom. The van der Waals surface area contributed by atoms with Crippen LogP contribution < -0.4 is 19.5 Å². The summed E-state index contributed by atoms with van der Waals surface area (Å²) in [6.45, 7) is -0.186. The van der Waals surface area contributed by atoms with Gasteiger partial charge in [0.15, 0.2) is 0 Å². The van der Waals surface area contributed by atoms with Crippen molar-refractivity contribution in [1.82, 2.24) is 5.32 Å². The van der Waals surface area contributed by atoms with Gasteiger partial charge in [0.2, 0.25) is 0 Å². The largest absolute Gasteiger partial charge is 0.497 e. The van der Waals surface area contributed by atoms with Crippen LogP contribution in [0.5, 0.6) is 17.2 Å². The molecule has 0 heterocycles. The first-order valence-corrected chi connectivity index (χ1v) is 8.93. The number of ether oxygens (including phenoxy) is 4. The molecule has 0 spiro atoms. The van der Waals surface area contributed by atoms with Gasteiger partial charge in [-0.2, -0.15) is 0 Å². The normalized spacial score (nSPS) is 10.1. The van der Waals surface area contributed by atoms with Crippen molar-refractivity contribution in [2.75, 3.05) is 34.0 Å². The molecule has 2 aromatic rings. The third-order valence-electron chi connectivity index (χ3n) is 3.50. The molecule has 1 amide bonds. The molecular weight excluding hydrogens is 409 g/mol. The van der Waals surface area contributed by atoms with E-state index in [0.717, 1.165) is 0 Å². The number of esters is 1. The number of amides is 1. The molecule has 0 aliphatic rings. The maximum Gasteiger partial charge on any atom is 0.325 e. The van der Waals surface area contributed by atoms with Gasteiger partial charge in [-0.3, -0.25) is 9.59 Å². The van der Waals surface area contributed by atoms with Gasteiger partial charge in [-0.1, -0.05) is 23.2 Å². The molecule has 150 valence electrons. The fourth-order valence-electron chi connectivity index (χ4n) is 2.14. The standard InChI is InChI=1S/C19H19Cl2NO6/c1-25-14-7-12(8-15(10-14)26-2)19(24)22-11-18(23)28-6-5-27-17-4-3-13(20)9-16(17)21/h3-4,7-10H,5-6,11H2,1-2H3,(H,22,24). The van der Waals surface area contributed by atoms with Gasteiger partial charge < -0.3 is 24.3 Å². The molecule has 2 aromatic carbocycles. The number of carbonyl (C=O) groups excluding carboxylic acids is 2. The van der Waals surface area contributed by atoms with Gasteiger partial charge in [0.25, 0.3) is 5.91 Å². The minimum absolute atomic E-state index is 0.000637. The van der Waals surface area contributed by atoms with E-state index in [1.54, 1.807) is 24.3 Å². The Morgan fingerprint density at radius 1 is 0.964 bits per heavy atom. The van der Waals surface area contributed by atoms with Gasteiger partial charge in [-0.05, 0) is 30.3 Å². The lowest BCUT2D eigenvalue weighted by Crippen LogP contribution is -2.31. The highest BCUT2D eigenvalue weighted by Gasteiger charge is 2.12. The van der Waals surface area contributed by atoms with Gasteiger partial charge in [-0.25, -0.2) is 0 Å². The van der Waals surface area contributed by atoms with Crippen LogP contribution in [0.15, 0.2) is 36.4 Å². The summed E-state index contributed by atoms with van der Waals surface area (Å²) in [6, 6.07) is 9.51. The summed E-state index contributed by atoms with van der Waals surface area (Å²) < 4.78 is 20.6. The molecule has 9 heteroatoms. The molecule has 0 fully saturated rings. The summed E-state index contributed by atoms with van der Waals surface area (Å²) in [7, 11) is 2.96. The summed E-state index contributed by atoms with van der Waals surface area (Å²) >= 11 is 11.8. The Bertz CT molecular complexity index is 821. The average molecular weight is 428 g/mol. The molecule has 0 saturated heterocycles. The predicted molar refractivity (Wildman–Crippen MR) is 105 cm³/mol. The first-order chi connectivity index (χ1) is 13.4. The highest BCUT2D eigenvalue weighted by Crippen LogP contribution is 2.27. The summed E-state index contributed by atoms with van der Waals surface area (Å²) in [5.41, 5.74) is 0.296. The number of benzene rings is 2. The Hall–Kier alpha value is -2.64. The highest BCUT2D eigenvalue weighted by molar-refractivity contribution is 6.35. The van der Waals surface area contributed by atoms with Gasteiger partial charge >= 0.3 is 5.97 Å². The lowest BCUT2D eigenvalue weighted by Gasteiger charge is -2.10. The quantitative estimate of drug-likeness (QED) is 0.487. The molecule has 0 aliphatic carbocycles. The highest BCUT2D eigenvalue weighted by atomic mass is 35.5. The van der Waals surface area contributed by atoms with E-state index in [4.69, 9.17) is 42.1 Å². The van der Waals surface area contributed by atoms with E-state index in [1.807, 2.05) is 0 Å². The second-order valence-electron chi connectivity index (χ2n) is 5.43. The number of hydrogen-bond donors (Lipinski definition) is 1. The zero-order valence-corrected chi connectivity index (χ0v) is 16.8. The summed E-state index contributed by atoms with van der Waals surface area (Å²) in [5, 5.41) is 3.33. The van der Waals surface area contributed by atoms with Gasteiger partial charge in [-0.15, -0.1) is 0 Å². The lowest BCUT2D eigenvalue weighted by atomic mass is 10.2. The fraction of sp³-hybridized carbons (Fsp3) is 0.263. The van der Waals surface area contributed by atoms with E-state index in [2.05, 4.69) is 5.32 Å². The number of nitrogens with one attached hydrogen (secondary N) is 1. The third-order valence-corrected chi connectivity index (χ3v) is 4.04. The monoisotopic (exact) mass is 427 g/mol. The molecule has 28 heavy (non-hydrogen) atoms. The van der Waals surface area contributed by atoms with Crippen LogP contribution in [-0.4, -0.2) is 45.9 Å². The predicted octanol–water partition coefficient (Wildman–Crippen LogP) is 3.36. The van der Waals surface area contributed by atoms with Crippen molar-refractivity contribution < 1.29 is 28.5 Å². The molecule has 0 bridgehead atoms. The van der Waals surface area contributed by atoms with Crippen molar-refractivity contribution in [3.8, 4) is 17.2 Å². The van der Waals surface area contributed by atoms with E-state index in [-0.39, 0.29) is 19.8 Å². The van der Waals surface area contributed by atoms with Crippen LogP contribution in [0.25, 0.3) is 0 Å². The van der Waals surface area contributed by atoms with Gasteiger partial charge in [0.1, 0.15) is 37.0 Å². The van der Waals surface area contributed by atoms with E-state index in [9.17, 15) is 9.59 Å². The third kappa shape index (κ3) is 6.51. The minimum Gasteiger partial charge on any atom is -0.497 e. The summed E-state index contributed by atoms with van der Waals surface area (Å²) in [5.74, 6) is 0.296. The molecule has 0 atom stereocenters. The minimum atomic E-state index is -0.603. The van der Waals surface area contributed by atoms with E-state index >= 15 is 0 Å². The van der Waals surface area contributed by atoms with Crippen LogP contribution in [0.2, 0.25) is 10.0 Å². The lowest BCUT2D eigenvalue weighted by molar-refractivity contribution is -0.143. The molecule has 0 aliphatic heterocycles. The Labute approximate surface area is 172 Å². The SMILES string of the molecule is COc1cc(OC)cc(C(=O)NCC(=O)OCCOc2ccc(Cl)cc2Cl)c1. The molecule has 1 N–H and O–H groups in total. The Balaban J connectivity index is 1.75. The van der Waals surface area contributed by atoms with Crippen molar-refractivity contribution in [3.63, 3.8) is 0 Å². The van der Waals surface area contributed by atoms with Crippen LogP contribution in [0, 0.1) is 0 Å². The first-order valence-electron chi connectivity index (χ1n) is 8.17. The second kappa shape index (κ2) is 10.6. The van der Waals surface area contributed by atoms with Gasteiger partial charge in [0.05, 0.1) is 19.2 Å². The fourth-order valence-corrected chi connectivity index (χ4v) is 2.61. The molecule has 0 aromatic heterocycles. The van der Waals surface area contributed by atoms with Crippen LogP contribution in [0.4, 0.5) is 0 Å². The number of hydrogen-bond acceptors (Lipinski definition) is 6. The molecule has 0 unspecified atom stereocenters. The van der Waals surface area contributed by atoms with E-state index in [0.29, 0.717) is 32.9 Å². The zero-order chi connectivity index (χ0) is 20.5. The van der Waals surface area contributed by atoms with Crippen molar-refractivity contribution in [1.29, 1.82) is 0 Å². The summed E-state index contributed by atoms with van der Waals surface area (Å²) in [6.07, 6.45) is 0. The van der Waals surface area contributed by atoms with Crippen molar-refractivity contribution >= 4 is 35.1 Å². The maximum atomic E-state index is 12.2. The number of halogens is 2. The van der Waals surface area contributed by atoms with Crippen LogP contribution in [0.1, 0.15) is 10.4 Å². The van der Waals surface area contributed by atoms with Gasteiger partial charge in [0, 0.05) is 16.7 Å². The molecule has 7 nitrogen and oxygen atoms in total. The summed E-state index contributed by atoms with van der Waals surface area (Å²) in [4.78, 5) is 23.9. The second-order valence-corrected chi connectivity index (χ2v) is 6.27. The zero-order valence-electron chi connectivity index (χ0n) is 15.3. The number of carbonyl (C=O) groups is 2. The van der Waals surface area contributed by atoms with Crippen molar-refractivity contribution in [2.24, 2.45) is 0 Å². The maximum absolute atomic E-state index is 12.2. The van der Waals surface area contributed by atoms with Crippen molar-refractivity contribution in [3.05, 3.63) is 52.0 Å². The van der Waals surface area contributed by atoms with Crippen molar-refractivity contribution in [2.45, 2.75) is 0 Å². The molecule has 2 rings (SSSR count). The van der Waals surface area contributed by atoms with E-state index < -0.39 is 11.9 Å². The number of rotatable bonds is 9. The van der Waals surface area contributed by atoms with E-state index in [1.165, 1.54) is 26.4 Å². The van der Waals surface area contributed by atoms with Crippen LogP contribution >= 0.6 is 23.2 Å².